The average molecular weight is 333 g/mol. The van der Waals surface area contributed by atoms with E-state index in [-0.39, 0.29) is 16.0 Å². The molecule has 0 spiro atoms. The van der Waals surface area contributed by atoms with Crippen LogP contribution in [0.1, 0.15) is 6.42 Å². The highest BCUT2D eigenvalue weighted by atomic mass is 35.5. The van der Waals surface area contributed by atoms with E-state index in [1.807, 2.05) is 6.19 Å². The van der Waals surface area contributed by atoms with E-state index in [4.69, 9.17) is 16.9 Å². The van der Waals surface area contributed by atoms with Gasteiger partial charge in [-0.15, -0.1) is 0 Å². The Morgan fingerprint density at radius 1 is 1.50 bits per heavy atom. The molecule has 0 bridgehead atoms. The molecular formula is C11H14ClN4O2PS. The summed E-state index contributed by atoms with van der Waals surface area (Å²) in [6.45, 7) is 0.944. The fourth-order valence-corrected chi connectivity index (χ4v) is 4.00. The Balaban J connectivity index is 2.21. The van der Waals surface area contributed by atoms with Crippen LogP contribution in [0.15, 0.2) is 23.1 Å². The van der Waals surface area contributed by atoms with E-state index in [0.29, 0.717) is 25.2 Å². The van der Waals surface area contributed by atoms with E-state index >= 15 is 0 Å². The quantitative estimate of drug-likeness (QED) is 0.642. The van der Waals surface area contributed by atoms with Gasteiger partial charge < -0.3 is 9.99 Å². The van der Waals surface area contributed by atoms with Crippen molar-refractivity contribution < 1.29 is 8.42 Å². The van der Waals surface area contributed by atoms with Gasteiger partial charge in [-0.3, -0.25) is 0 Å². The summed E-state index contributed by atoms with van der Waals surface area (Å²) < 4.78 is 27.3. The molecule has 6 nitrogen and oxygen atoms in total. The molecule has 2 rings (SSSR count). The molecule has 2 atom stereocenters. The fourth-order valence-electron chi connectivity index (χ4n) is 2.03. The van der Waals surface area contributed by atoms with Crippen molar-refractivity contribution in [3.63, 3.8) is 0 Å². The molecule has 2 N–H and O–H groups in total. The van der Waals surface area contributed by atoms with Crippen molar-refractivity contribution in [1.82, 2.24) is 9.62 Å². The van der Waals surface area contributed by atoms with Gasteiger partial charge in [-0.25, -0.2) is 13.1 Å². The number of sulfonamides is 1. The number of hydrogen-bond acceptors (Lipinski definition) is 5. The molecule has 1 aliphatic rings. The van der Waals surface area contributed by atoms with Gasteiger partial charge in [0.05, 0.1) is 5.02 Å². The van der Waals surface area contributed by atoms with E-state index in [9.17, 15) is 8.42 Å². The number of nitrogens with zero attached hydrogens (tertiary/aromatic N) is 2. The van der Waals surface area contributed by atoms with Crippen LogP contribution in [-0.4, -0.2) is 32.4 Å². The molecule has 0 amide bonds. The first-order valence-electron chi connectivity index (χ1n) is 5.89. The van der Waals surface area contributed by atoms with Crippen LogP contribution in [0.25, 0.3) is 0 Å². The third kappa shape index (κ3) is 3.33. The summed E-state index contributed by atoms with van der Waals surface area (Å²) in [6, 6.07) is 4.40. The molecule has 0 aromatic heterocycles. The number of halogens is 1. The molecule has 2 unspecified atom stereocenters. The van der Waals surface area contributed by atoms with Crippen molar-refractivity contribution in [3.05, 3.63) is 23.2 Å². The van der Waals surface area contributed by atoms with Gasteiger partial charge in [0, 0.05) is 24.8 Å². The molecule has 1 aromatic rings. The van der Waals surface area contributed by atoms with Gasteiger partial charge in [-0.2, -0.15) is 5.26 Å². The molecule has 0 radical (unpaired) electrons. The van der Waals surface area contributed by atoms with Gasteiger partial charge in [-0.05, 0) is 34.0 Å². The van der Waals surface area contributed by atoms with Gasteiger partial charge in [0.1, 0.15) is 4.90 Å². The Kier molecular flexibility index (Phi) is 4.71. The first-order chi connectivity index (χ1) is 9.46. The minimum Gasteiger partial charge on any atom is -0.369 e. The second kappa shape index (κ2) is 6.15. The van der Waals surface area contributed by atoms with Crippen LogP contribution in [0, 0.1) is 11.5 Å². The summed E-state index contributed by atoms with van der Waals surface area (Å²) in [7, 11) is -1.41. The highest BCUT2D eigenvalue weighted by molar-refractivity contribution is 7.89. The fraction of sp³-hybridized carbons (Fsp3) is 0.364. The van der Waals surface area contributed by atoms with Crippen molar-refractivity contribution in [2.24, 2.45) is 0 Å². The predicted molar refractivity (Wildman–Crippen MR) is 80.7 cm³/mol. The SMILES string of the molecule is N#CN1CCC(NS(=O)(=O)c2cc(NP)ccc2Cl)C1. The van der Waals surface area contributed by atoms with Gasteiger partial charge in [0.25, 0.3) is 0 Å². The predicted octanol–water partition coefficient (Wildman–Crippen LogP) is 1.38. The molecule has 1 aliphatic heterocycles. The maximum atomic E-state index is 12.3. The van der Waals surface area contributed by atoms with Crippen LogP contribution < -0.4 is 9.81 Å². The van der Waals surface area contributed by atoms with Crippen LogP contribution in [-0.2, 0) is 10.0 Å². The highest BCUT2D eigenvalue weighted by Crippen LogP contribution is 2.26. The Morgan fingerprint density at radius 3 is 2.85 bits per heavy atom. The number of nitrogens with one attached hydrogen (secondary N) is 2. The average Bonchev–Trinajstić information content (AvgIpc) is 2.86. The molecule has 108 valence electrons. The lowest BCUT2D eigenvalue weighted by Crippen LogP contribution is -2.36. The third-order valence-corrected chi connectivity index (χ3v) is 5.37. The standard InChI is InChI=1S/C11H14ClN4O2PS/c12-10-2-1-8(14-19)5-11(10)20(17,18)15-9-3-4-16(6-9)7-13/h1-2,5,9,14-15H,3-4,6,19H2. The van der Waals surface area contributed by atoms with Crippen molar-refractivity contribution in [2.45, 2.75) is 17.4 Å². The van der Waals surface area contributed by atoms with Gasteiger partial charge in [0.15, 0.2) is 6.19 Å². The maximum Gasteiger partial charge on any atom is 0.242 e. The minimum absolute atomic E-state index is 0.0297. The van der Waals surface area contributed by atoms with E-state index in [2.05, 4.69) is 19.2 Å². The van der Waals surface area contributed by atoms with Crippen LogP contribution in [0.4, 0.5) is 5.69 Å². The Hall–Kier alpha value is -1.06. The Bertz CT molecular complexity index is 646. The molecule has 0 aliphatic carbocycles. The van der Waals surface area contributed by atoms with E-state index in [1.54, 1.807) is 6.07 Å². The number of likely N-dealkylation sites (tertiary alicyclic amines) is 1. The molecule has 1 aromatic carbocycles. The molecule has 0 saturated carbocycles. The van der Waals surface area contributed by atoms with Crippen LogP contribution in [0.2, 0.25) is 5.02 Å². The van der Waals surface area contributed by atoms with Gasteiger partial charge in [0.2, 0.25) is 10.0 Å². The largest absolute Gasteiger partial charge is 0.369 e. The van der Waals surface area contributed by atoms with E-state index < -0.39 is 10.0 Å². The first-order valence-corrected chi connectivity index (χ1v) is 8.33. The van der Waals surface area contributed by atoms with Crippen molar-refractivity contribution in [1.29, 1.82) is 5.26 Å². The smallest absolute Gasteiger partial charge is 0.242 e. The normalized spacial score (nSPS) is 18.9. The highest BCUT2D eigenvalue weighted by Gasteiger charge is 2.28. The summed E-state index contributed by atoms with van der Waals surface area (Å²) in [5.41, 5.74) is 0.629. The van der Waals surface area contributed by atoms with Crippen molar-refractivity contribution in [2.75, 3.05) is 18.2 Å². The van der Waals surface area contributed by atoms with Gasteiger partial charge >= 0.3 is 0 Å². The number of nitriles is 1. The number of rotatable bonds is 4. The summed E-state index contributed by atoms with van der Waals surface area (Å²) in [5.74, 6) is 0. The second-order valence-corrected chi connectivity index (χ2v) is 6.82. The minimum atomic E-state index is -3.71. The summed E-state index contributed by atoms with van der Waals surface area (Å²) >= 11 is 5.96. The molecule has 1 fully saturated rings. The zero-order valence-corrected chi connectivity index (χ0v) is 13.2. The lowest BCUT2D eigenvalue weighted by Gasteiger charge is -2.14. The monoisotopic (exact) mass is 332 g/mol. The lowest BCUT2D eigenvalue weighted by molar-refractivity contribution is 0.470. The second-order valence-electron chi connectivity index (χ2n) is 4.44. The topological polar surface area (TPSA) is 85.2 Å². The molecule has 9 heteroatoms. The summed E-state index contributed by atoms with van der Waals surface area (Å²) in [4.78, 5) is 1.55. The van der Waals surface area contributed by atoms with Crippen molar-refractivity contribution >= 4 is 36.7 Å². The first kappa shape index (κ1) is 15.3. The van der Waals surface area contributed by atoms with Crippen LogP contribution in [0.5, 0.6) is 0 Å². The molecular weight excluding hydrogens is 319 g/mol. The number of benzene rings is 1. The van der Waals surface area contributed by atoms with Crippen LogP contribution >= 0.6 is 21.0 Å². The maximum absolute atomic E-state index is 12.3. The summed E-state index contributed by atoms with van der Waals surface area (Å²) in [5, 5.41) is 11.7. The third-order valence-electron chi connectivity index (χ3n) is 3.04. The zero-order chi connectivity index (χ0) is 14.8. The van der Waals surface area contributed by atoms with Crippen LogP contribution in [0.3, 0.4) is 0 Å². The number of anilines is 1. The molecule has 20 heavy (non-hydrogen) atoms. The van der Waals surface area contributed by atoms with E-state index in [1.165, 1.54) is 17.0 Å². The summed E-state index contributed by atoms with van der Waals surface area (Å²) in [6.07, 6.45) is 2.61. The Labute approximate surface area is 125 Å². The lowest BCUT2D eigenvalue weighted by atomic mass is 10.3. The van der Waals surface area contributed by atoms with E-state index in [0.717, 1.165) is 0 Å². The molecule has 1 heterocycles. The molecule has 1 saturated heterocycles. The zero-order valence-electron chi connectivity index (χ0n) is 10.5. The van der Waals surface area contributed by atoms with Crippen molar-refractivity contribution in [3.8, 4) is 6.19 Å². The number of hydrogen-bond donors (Lipinski definition) is 2. The van der Waals surface area contributed by atoms with Gasteiger partial charge in [-0.1, -0.05) is 11.6 Å². The Morgan fingerprint density at radius 2 is 2.25 bits per heavy atom.